The van der Waals surface area contributed by atoms with Crippen molar-refractivity contribution in [2.75, 3.05) is 10.2 Å². The summed E-state index contributed by atoms with van der Waals surface area (Å²) in [6, 6.07) is 16.6. The van der Waals surface area contributed by atoms with Gasteiger partial charge in [0.2, 0.25) is 5.91 Å². The molecule has 3 aromatic rings. The van der Waals surface area contributed by atoms with Crippen LogP contribution in [-0.2, 0) is 11.3 Å². The van der Waals surface area contributed by atoms with Gasteiger partial charge in [-0.2, -0.15) is 10.4 Å². The fraction of sp³-hybridized carbons (Fsp3) is 0.469. The average Bonchev–Trinajstić information content (AvgIpc) is 3.66. The molecule has 3 unspecified atom stereocenters. The largest absolute Gasteiger partial charge is 0.378 e. The number of nitriles is 1. The molecule has 198 valence electrons. The molecular weight excluding hydrogens is 470 g/mol. The van der Waals surface area contributed by atoms with E-state index in [1.165, 1.54) is 25.7 Å². The normalized spacial score (nSPS) is 20.7. The first-order valence-electron chi connectivity index (χ1n) is 14.2. The van der Waals surface area contributed by atoms with Crippen molar-refractivity contribution in [2.24, 2.45) is 17.8 Å². The Bertz CT molecular complexity index is 1310. The van der Waals surface area contributed by atoms with Gasteiger partial charge in [-0.25, -0.2) is 0 Å². The highest BCUT2D eigenvalue weighted by Crippen LogP contribution is 2.50. The zero-order chi connectivity index (χ0) is 26.8. The number of benzene rings is 2. The van der Waals surface area contributed by atoms with E-state index in [0.29, 0.717) is 11.5 Å². The molecule has 0 bridgehead atoms. The Hall–Kier alpha value is -3.59. The van der Waals surface area contributed by atoms with Crippen molar-refractivity contribution in [3.8, 4) is 17.2 Å². The van der Waals surface area contributed by atoms with E-state index < -0.39 is 0 Å². The predicted octanol–water partition coefficient (Wildman–Crippen LogP) is 7.18. The SMILES string of the molecule is CCC(CC)CCn1cc(-c2ccc3c(c2)C(Nc2ccc(C#N)cc2)C(C)C(C2CC2)N3C(C)=O)cn1. The van der Waals surface area contributed by atoms with Gasteiger partial charge in [0, 0.05) is 48.6 Å². The smallest absolute Gasteiger partial charge is 0.224 e. The molecule has 1 saturated carbocycles. The number of anilines is 2. The maximum Gasteiger partial charge on any atom is 0.224 e. The Morgan fingerprint density at radius 3 is 2.50 bits per heavy atom. The van der Waals surface area contributed by atoms with E-state index in [4.69, 9.17) is 0 Å². The first kappa shape index (κ1) is 26.0. The van der Waals surface area contributed by atoms with E-state index in [1.54, 1.807) is 6.92 Å². The van der Waals surface area contributed by atoms with Gasteiger partial charge in [-0.05, 0) is 78.6 Å². The van der Waals surface area contributed by atoms with Crippen molar-refractivity contribution in [3.63, 3.8) is 0 Å². The van der Waals surface area contributed by atoms with Crippen LogP contribution in [0.4, 0.5) is 11.4 Å². The third-order valence-corrected chi connectivity index (χ3v) is 8.65. The first-order chi connectivity index (χ1) is 18.4. The Morgan fingerprint density at radius 2 is 1.87 bits per heavy atom. The lowest BCUT2D eigenvalue weighted by Crippen LogP contribution is -2.51. The number of aryl methyl sites for hydroxylation is 1. The molecule has 2 aromatic carbocycles. The first-order valence-corrected chi connectivity index (χ1v) is 14.2. The van der Waals surface area contributed by atoms with E-state index in [9.17, 15) is 10.1 Å². The number of hydrogen-bond acceptors (Lipinski definition) is 4. The molecule has 1 N–H and O–H groups in total. The van der Waals surface area contributed by atoms with Crippen LogP contribution in [0.25, 0.3) is 11.1 Å². The van der Waals surface area contributed by atoms with Crippen LogP contribution >= 0.6 is 0 Å². The van der Waals surface area contributed by atoms with Gasteiger partial charge in [-0.3, -0.25) is 9.48 Å². The molecule has 6 nitrogen and oxygen atoms in total. The number of aromatic nitrogens is 2. The van der Waals surface area contributed by atoms with E-state index >= 15 is 0 Å². The molecule has 2 aliphatic rings. The van der Waals surface area contributed by atoms with Crippen molar-refractivity contribution in [1.82, 2.24) is 9.78 Å². The van der Waals surface area contributed by atoms with Crippen molar-refractivity contribution in [1.29, 1.82) is 5.26 Å². The summed E-state index contributed by atoms with van der Waals surface area (Å²) in [4.78, 5) is 15.0. The lowest BCUT2D eigenvalue weighted by atomic mass is 9.79. The van der Waals surface area contributed by atoms with Crippen LogP contribution in [0, 0.1) is 29.1 Å². The van der Waals surface area contributed by atoms with Gasteiger partial charge in [-0.15, -0.1) is 0 Å². The fourth-order valence-electron chi connectivity index (χ4n) is 6.21. The molecule has 1 aliphatic heterocycles. The molecule has 38 heavy (non-hydrogen) atoms. The molecule has 5 rings (SSSR count). The molecule has 0 saturated heterocycles. The van der Waals surface area contributed by atoms with Crippen LogP contribution in [0.15, 0.2) is 54.9 Å². The molecule has 1 fully saturated rings. The zero-order valence-electron chi connectivity index (χ0n) is 23.0. The van der Waals surface area contributed by atoms with Crippen LogP contribution in [-0.4, -0.2) is 21.7 Å². The number of fused-ring (bicyclic) bond motifs is 1. The summed E-state index contributed by atoms with van der Waals surface area (Å²) in [5.74, 6) is 1.61. The molecule has 1 aromatic heterocycles. The van der Waals surface area contributed by atoms with E-state index in [2.05, 4.69) is 71.2 Å². The number of carbonyl (C=O) groups excluding carboxylic acids is 1. The zero-order valence-corrected chi connectivity index (χ0v) is 23.0. The molecule has 1 amide bonds. The molecule has 0 spiro atoms. The minimum absolute atomic E-state index is 0.0454. The van der Waals surface area contributed by atoms with E-state index in [-0.39, 0.29) is 23.9 Å². The van der Waals surface area contributed by atoms with Crippen LogP contribution in [0.2, 0.25) is 0 Å². The van der Waals surface area contributed by atoms with Gasteiger partial charge in [0.25, 0.3) is 0 Å². The molecule has 2 heterocycles. The van der Waals surface area contributed by atoms with Crippen molar-refractivity contribution in [2.45, 2.75) is 78.4 Å². The van der Waals surface area contributed by atoms with Crippen LogP contribution in [0.3, 0.4) is 0 Å². The molecule has 3 atom stereocenters. The van der Waals surface area contributed by atoms with Crippen molar-refractivity contribution >= 4 is 17.3 Å². The molecule has 0 radical (unpaired) electrons. The molecule has 1 aliphatic carbocycles. The Morgan fingerprint density at radius 1 is 1.13 bits per heavy atom. The van der Waals surface area contributed by atoms with Crippen LogP contribution in [0.5, 0.6) is 0 Å². The topological polar surface area (TPSA) is 74.0 Å². The van der Waals surface area contributed by atoms with Gasteiger partial charge in [0.1, 0.15) is 0 Å². The number of nitrogens with zero attached hydrogens (tertiary/aromatic N) is 4. The summed E-state index contributed by atoms with van der Waals surface area (Å²) in [5, 5.41) is 17.6. The second-order valence-electron chi connectivity index (χ2n) is 11.1. The Kier molecular flexibility index (Phi) is 7.56. The van der Waals surface area contributed by atoms with Gasteiger partial charge in [0.05, 0.1) is 23.9 Å². The van der Waals surface area contributed by atoms with Crippen LogP contribution < -0.4 is 10.2 Å². The Balaban J connectivity index is 1.50. The number of amides is 1. The second-order valence-corrected chi connectivity index (χ2v) is 11.1. The van der Waals surface area contributed by atoms with Gasteiger partial charge in [-0.1, -0.05) is 39.7 Å². The fourth-order valence-corrected chi connectivity index (χ4v) is 6.21. The summed E-state index contributed by atoms with van der Waals surface area (Å²) >= 11 is 0. The van der Waals surface area contributed by atoms with Gasteiger partial charge < -0.3 is 10.2 Å². The maximum absolute atomic E-state index is 13.0. The predicted molar refractivity (Wildman–Crippen MR) is 153 cm³/mol. The quantitative estimate of drug-likeness (QED) is 0.331. The van der Waals surface area contributed by atoms with Gasteiger partial charge >= 0.3 is 0 Å². The van der Waals surface area contributed by atoms with E-state index in [0.717, 1.165) is 46.9 Å². The monoisotopic (exact) mass is 509 g/mol. The highest BCUT2D eigenvalue weighted by atomic mass is 16.2. The summed E-state index contributed by atoms with van der Waals surface area (Å²) in [6.45, 7) is 9.41. The second kappa shape index (κ2) is 11.0. The highest BCUT2D eigenvalue weighted by molar-refractivity contribution is 5.94. The summed E-state index contributed by atoms with van der Waals surface area (Å²) in [6.07, 6.45) is 10.0. The third-order valence-electron chi connectivity index (χ3n) is 8.65. The van der Waals surface area contributed by atoms with Gasteiger partial charge in [0.15, 0.2) is 0 Å². The number of carbonyl (C=O) groups is 1. The maximum atomic E-state index is 13.0. The number of rotatable bonds is 9. The minimum Gasteiger partial charge on any atom is -0.378 e. The minimum atomic E-state index is 0.0454. The van der Waals surface area contributed by atoms with Crippen molar-refractivity contribution in [3.05, 3.63) is 66.0 Å². The molecular formula is C32H39N5O. The Labute approximate surface area is 226 Å². The van der Waals surface area contributed by atoms with Crippen molar-refractivity contribution < 1.29 is 4.79 Å². The molecule has 6 heteroatoms. The number of nitrogens with one attached hydrogen (secondary N) is 1. The lowest BCUT2D eigenvalue weighted by Gasteiger charge is -2.46. The summed E-state index contributed by atoms with van der Waals surface area (Å²) < 4.78 is 2.06. The van der Waals surface area contributed by atoms with E-state index in [1.807, 2.05) is 30.5 Å². The number of hydrogen-bond donors (Lipinski definition) is 1. The summed E-state index contributed by atoms with van der Waals surface area (Å²) in [5.41, 5.74) is 5.98. The average molecular weight is 510 g/mol. The standard InChI is InChI=1S/C32H39N5O/c1-5-23(6-2)15-16-36-20-27(19-34-36)26-11-14-30-29(17-26)31(35-28-12-7-24(18-33)8-13-28)21(3)32(25-9-10-25)37(30)22(4)38/h7-8,11-14,17,19-21,23,25,31-32,35H,5-6,9-10,15-16H2,1-4H3. The van der Waals surface area contributed by atoms with Crippen LogP contribution in [0.1, 0.15) is 77.0 Å². The summed E-state index contributed by atoms with van der Waals surface area (Å²) in [7, 11) is 0. The lowest BCUT2D eigenvalue weighted by molar-refractivity contribution is -0.117. The third kappa shape index (κ3) is 5.20. The highest BCUT2D eigenvalue weighted by Gasteiger charge is 2.47.